The van der Waals surface area contributed by atoms with E-state index in [1.807, 2.05) is 0 Å². The fourth-order valence-electron chi connectivity index (χ4n) is 1.18. The highest BCUT2D eigenvalue weighted by Gasteiger charge is 2.06. The normalized spacial score (nSPS) is 10.1. The molecule has 0 amide bonds. The zero-order valence-electron chi connectivity index (χ0n) is 8.58. The maximum atomic E-state index is 11.3. The Morgan fingerprint density at radius 2 is 2.00 bits per heavy atom. The van der Waals surface area contributed by atoms with Gasteiger partial charge in [-0.1, -0.05) is 0 Å². The van der Waals surface area contributed by atoms with E-state index >= 15 is 0 Å². The molecule has 16 heavy (non-hydrogen) atoms. The summed E-state index contributed by atoms with van der Waals surface area (Å²) < 4.78 is 0. The minimum atomic E-state index is -0.492. The van der Waals surface area contributed by atoms with Crippen molar-refractivity contribution in [3.05, 3.63) is 35.0 Å². The van der Waals surface area contributed by atoms with Gasteiger partial charge in [0.2, 0.25) is 5.95 Å². The molecule has 2 rings (SSSR count). The van der Waals surface area contributed by atoms with E-state index in [1.165, 1.54) is 5.01 Å². The molecule has 2 aromatic rings. The van der Waals surface area contributed by atoms with E-state index in [9.17, 15) is 4.79 Å². The van der Waals surface area contributed by atoms with Crippen LogP contribution < -0.4 is 16.5 Å². The molecule has 0 bridgehead atoms. The third-order valence-electron chi connectivity index (χ3n) is 1.91. The highest BCUT2D eigenvalue weighted by Crippen LogP contribution is 2.12. The minimum Gasteiger partial charge on any atom is -0.290 e. The van der Waals surface area contributed by atoms with Gasteiger partial charge < -0.3 is 0 Å². The van der Waals surface area contributed by atoms with E-state index in [0.29, 0.717) is 5.82 Å². The number of hydrogen-bond donors (Lipinski definition) is 2. The van der Waals surface area contributed by atoms with Gasteiger partial charge in [0.15, 0.2) is 0 Å². The van der Waals surface area contributed by atoms with Crippen LogP contribution in [0, 0.1) is 0 Å². The van der Waals surface area contributed by atoms with Crippen LogP contribution in [0.1, 0.15) is 0 Å². The minimum absolute atomic E-state index is 0.163. The average Bonchev–Trinajstić information content (AvgIpc) is 2.29. The third-order valence-corrected chi connectivity index (χ3v) is 1.91. The molecule has 0 aromatic carbocycles. The smallest absolute Gasteiger partial charge is 0.290 e. The number of aromatic nitrogens is 4. The molecule has 0 fully saturated rings. The molecular formula is C9H10N6O. The van der Waals surface area contributed by atoms with E-state index < -0.39 is 5.69 Å². The number of hydrazine groups is 1. The van der Waals surface area contributed by atoms with Gasteiger partial charge in [-0.3, -0.25) is 15.0 Å². The van der Waals surface area contributed by atoms with Crippen LogP contribution in [0.25, 0.3) is 11.4 Å². The first kappa shape index (κ1) is 10.2. The summed E-state index contributed by atoms with van der Waals surface area (Å²) in [5, 5.41) is 1.18. The van der Waals surface area contributed by atoms with Crippen molar-refractivity contribution in [2.45, 2.75) is 0 Å². The Morgan fingerprint density at radius 1 is 1.31 bits per heavy atom. The van der Waals surface area contributed by atoms with Gasteiger partial charge in [-0.25, -0.2) is 10.6 Å². The van der Waals surface area contributed by atoms with Crippen LogP contribution in [-0.2, 0) is 0 Å². The van der Waals surface area contributed by atoms with Crippen molar-refractivity contribution in [3.8, 4) is 11.4 Å². The number of hydrogen-bond acceptors (Lipinski definition) is 6. The van der Waals surface area contributed by atoms with E-state index in [-0.39, 0.29) is 5.95 Å². The Labute approximate surface area is 91.0 Å². The summed E-state index contributed by atoms with van der Waals surface area (Å²) in [6, 6.07) is 3.47. The van der Waals surface area contributed by atoms with Crippen molar-refractivity contribution in [1.82, 2.24) is 19.9 Å². The first-order valence-electron chi connectivity index (χ1n) is 4.54. The number of nitrogens with zero attached hydrogens (tertiary/aromatic N) is 4. The molecule has 0 saturated carbocycles. The lowest BCUT2D eigenvalue weighted by atomic mass is 10.2. The number of pyridine rings is 1. The molecule has 0 unspecified atom stereocenters. The predicted octanol–water partition coefficient (Wildman–Crippen LogP) is -0.463. The monoisotopic (exact) mass is 218 g/mol. The number of nitrogens with one attached hydrogen (secondary N) is 1. The van der Waals surface area contributed by atoms with E-state index in [0.717, 1.165) is 5.56 Å². The van der Waals surface area contributed by atoms with Crippen LogP contribution in [0.4, 0.5) is 5.95 Å². The summed E-state index contributed by atoms with van der Waals surface area (Å²) in [6.07, 6.45) is 3.23. The molecular weight excluding hydrogens is 208 g/mol. The average molecular weight is 218 g/mol. The van der Waals surface area contributed by atoms with Gasteiger partial charge in [-0.15, -0.1) is 0 Å². The summed E-state index contributed by atoms with van der Waals surface area (Å²) in [6.45, 7) is 0. The zero-order chi connectivity index (χ0) is 11.5. The van der Waals surface area contributed by atoms with Crippen molar-refractivity contribution in [2.24, 2.45) is 5.84 Å². The molecule has 2 heterocycles. The highest BCUT2D eigenvalue weighted by molar-refractivity contribution is 5.54. The summed E-state index contributed by atoms with van der Waals surface area (Å²) >= 11 is 0. The van der Waals surface area contributed by atoms with Crippen molar-refractivity contribution in [3.63, 3.8) is 0 Å². The first-order valence-corrected chi connectivity index (χ1v) is 4.54. The second-order valence-electron chi connectivity index (χ2n) is 3.15. The standard InChI is InChI=1S/C9H10N6O/c1-15(10)8-12-7(13-9(16)14-8)6-2-4-11-5-3-6/h2-5H,10H2,1H3,(H,12,13,14,16). The van der Waals surface area contributed by atoms with Crippen molar-refractivity contribution >= 4 is 5.95 Å². The Balaban J connectivity index is 2.54. The number of nitrogens with two attached hydrogens (primary N) is 1. The lowest BCUT2D eigenvalue weighted by molar-refractivity contribution is 0.886. The van der Waals surface area contributed by atoms with Gasteiger partial charge in [-0.05, 0) is 12.1 Å². The van der Waals surface area contributed by atoms with Crippen molar-refractivity contribution in [1.29, 1.82) is 0 Å². The lowest BCUT2D eigenvalue weighted by Crippen LogP contribution is -2.30. The Bertz CT molecular complexity index is 535. The number of anilines is 1. The molecule has 0 spiro atoms. The molecule has 7 heteroatoms. The quantitative estimate of drug-likeness (QED) is 0.522. The van der Waals surface area contributed by atoms with Crippen LogP contribution in [0.15, 0.2) is 29.3 Å². The van der Waals surface area contributed by atoms with Crippen LogP contribution in [0.5, 0.6) is 0 Å². The Kier molecular flexibility index (Phi) is 2.61. The topological polar surface area (TPSA) is 101 Å². The summed E-state index contributed by atoms with van der Waals surface area (Å²) in [7, 11) is 1.56. The molecule has 0 aliphatic heterocycles. The van der Waals surface area contributed by atoms with Gasteiger partial charge in [-0.2, -0.15) is 9.97 Å². The van der Waals surface area contributed by atoms with Crippen molar-refractivity contribution < 1.29 is 0 Å². The van der Waals surface area contributed by atoms with E-state index in [2.05, 4.69) is 19.9 Å². The van der Waals surface area contributed by atoms with Gasteiger partial charge in [0, 0.05) is 25.0 Å². The maximum absolute atomic E-state index is 11.3. The van der Waals surface area contributed by atoms with Gasteiger partial charge in [0.25, 0.3) is 0 Å². The maximum Gasteiger partial charge on any atom is 0.349 e. The summed E-state index contributed by atoms with van der Waals surface area (Å²) in [4.78, 5) is 25.4. The van der Waals surface area contributed by atoms with Gasteiger partial charge in [0.05, 0.1) is 0 Å². The predicted molar refractivity (Wildman–Crippen MR) is 58.5 cm³/mol. The van der Waals surface area contributed by atoms with Gasteiger partial charge in [0.1, 0.15) is 5.82 Å². The molecule has 0 atom stereocenters. The van der Waals surface area contributed by atoms with E-state index in [1.54, 1.807) is 31.6 Å². The second-order valence-corrected chi connectivity index (χ2v) is 3.15. The van der Waals surface area contributed by atoms with E-state index in [4.69, 9.17) is 5.84 Å². The van der Waals surface area contributed by atoms with Crippen LogP contribution in [0.2, 0.25) is 0 Å². The second kappa shape index (κ2) is 4.07. The Morgan fingerprint density at radius 3 is 2.62 bits per heavy atom. The van der Waals surface area contributed by atoms with Gasteiger partial charge >= 0.3 is 5.69 Å². The first-order chi connectivity index (χ1) is 7.66. The summed E-state index contributed by atoms with van der Waals surface area (Å²) in [5.41, 5.74) is 0.256. The molecule has 0 aliphatic carbocycles. The molecule has 0 saturated heterocycles. The molecule has 0 radical (unpaired) electrons. The SMILES string of the molecule is CN(N)c1nc(-c2ccncc2)[nH]c(=O)n1. The van der Waals surface area contributed by atoms with Crippen LogP contribution in [0.3, 0.4) is 0 Å². The Hall–Kier alpha value is -2.28. The molecule has 82 valence electrons. The zero-order valence-corrected chi connectivity index (χ0v) is 8.58. The van der Waals surface area contributed by atoms with Crippen LogP contribution in [-0.4, -0.2) is 27.0 Å². The summed E-state index contributed by atoms with van der Waals surface area (Å²) in [5.74, 6) is 6.05. The molecule has 0 aliphatic rings. The number of aromatic amines is 1. The number of rotatable bonds is 2. The fourth-order valence-corrected chi connectivity index (χ4v) is 1.18. The van der Waals surface area contributed by atoms with Crippen molar-refractivity contribution in [2.75, 3.05) is 12.1 Å². The lowest BCUT2D eigenvalue weighted by Gasteiger charge is -2.09. The fraction of sp³-hybridized carbons (Fsp3) is 0.111. The largest absolute Gasteiger partial charge is 0.349 e. The molecule has 3 N–H and O–H groups in total. The van der Waals surface area contributed by atoms with Crippen LogP contribution >= 0.6 is 0 Å². The number of H-pyrrole nitrogens is 1. The third kappa shape index (κ3) is 2.04. The molecule has 7 nitrogen and oxygen atoms in total. The highest BCUT2D eigenvalue weighted by atomic mass is 16.1. The molecule has 2 aromatic heterocycles.